The fourth-order valence-corrected chi connectivity index (χ4v) is 3.90. The lowest BCUT2D eigenvalue weighted by atomic mass is 9.94. The van der Waals surface area contributed by atoms with Gasteiger partial charge in [0, 0.05) is 0 Å². The maximum atomic E-state index is 11.6. The summed E-state index contributed by atoms with van der Waals surface area (Å²) in [4.78, 5) is 23.3. The van der Waals surface area contributed by atoms with Crippen LogP contribution in [0.25, 0.3) is 0 Å². The first-order chi connectivity index (χ1) is 16.1. The summed E-state index contributed by atoms with van der Waals surface area (Å²) in [6, 6.07) is 19.1. The zero-order valence-corrected chi connectivity index (χ0v) is 18.8. The van der Waals surface area contributed by atoms with E-state index < -0.39 is 0 Å². The molecule has 33 heavy (non-hydrogen) atoms. The van der Waals surface area contributed by atoms with Crippen molar-refractivity contribution in [1.29, 1.82) is 0 Å². The molecule has 0 radical (unpaired) electrons. The van der Waals surface area contributed by atoms with E-state index in [-0.39, 0.29) is 18.7 Å². The molecule has 0 saturated carbocycles. The molecule has 1 heterocycles. The number of rotatable bonds is 8. The second kappa shape index (κ2) is 10.2. The maximum Gasteiger partial charge on any atom is 0.337 e. The molecule has 0 saturated heterocycles. The van der Waals surface area contributed by atoms with Crippen LogP contribution in [0.15, 0.2) is 60.7 Å². The van der Waals surface area contributed by atoms with Gasteiger partial charge in [-0.1, -0.05) is 24.3 Å². The summed E-state index contributed by atoms with van der Waals surface area (Å²) in [7, 11) is 2.76. The van der Waals surface area contributed by atoms with E-state index in [2.05, 4.69) is 12.1 Å². The van der Waals surface area contributed by atoms with Gasteiger partial charge in [-0.05, 0) is 84.3 Å². The molecule has 6 heteroatoms. The van der Waals surface area contributed by atoms with Crippen molar-refractivity contribution < 1.29 is 28.5 Å². The Hall–Kier alpha value is -3.80. The zero-order chi connectivity index (χ0) is 23.2. The Morgan fingerprint density at radius 2 is 1.06 bits per heavy atom. The quantitative estimate of drug-likeness (QED) is 0.473. The van der Waals surface area contributed by atoms with E-state index in [0.717, 1.165) is 48.3 Å². The van der Waals surface area contributed by atoms with Crippen molar-refractivity contribution in [3.05, 3.63) is 94.0 Å². The van der Waals surface area contributed by atoms with Crippen molar-refractivity contribution in [2.24, 2.45) is 0 Å². The van der Waals surface area contributed by atoms with Gasteiger partial charge in [-0.2, -0.15) is 0 Å². The normalized spacial score (nSPS) is 11.8. The van der Waals surface area contributed by atoms with Crippen LogP contribution in [0.5, 0.6) is 11.5 Å². The van der Waals surface area contributed by atoms with Crippen LogP contribution in [0, 0.1) is 0 Å². The third-order valence-corrected chi connectivity index (χ3v) is 5.81. The first-order valence-electron chi connectivity index (χ1n) is 10.8. The van der Waals surface area contributed by atoms with E-state index in [0.29, 0.717) is 11.1 Å². The molecule has 1 aliphatic rings. The first-order valence-corrected chi connectivity index (χ1v) is 10.8. The molecule has 0 aromatic heterocycles. The van der Waals surface area contributed by atoms with E-state index in [1.54, 1.807) is 24.3 Å². The fourth-order valence-electron chi connectivity index (χ4n) is 3.90. The van der Waals surface area contributed by atoms with Gasteiger partial charge in [-0.15, -0.1) is 0 Å². The van der Waals surface area contributed by atoms with Crippen LogP contribution in [0.4, 0.5) is 0 Å². The Balaban J connectivity index is 1.46. The minimum Gasteiger partial charge on any atom is -0.465 e. The van der Waals surface area contributed by atoms with Crippen LogP contribution in [0.1, 0.15) is 43.0 Å². The highest BCUT2D eigenvalue weighted by atomic mass is 16.7. The summed E-state index contributed by atoms with van der Waals surface area (Å²) in [5, 5.41) is 0. The van der Waals surface area contributed by atoms with Gasteiger partial charge in [0.15, 0.2) is 11.5 Å². The van der Waals surface area contributed by atoms with E-state index in [1.165, 1.54) is 25.3 Å². The molecule has 3 aromatic rings. The predicted octanol–water partition coefficient (Wildman–Crippen LogP) is 4.56. The Morgan fingerprint density at radius 1 is 0.667 bits per heavy atom. The number of hydrogen-bond donors (Lipinski definition) is 0. The molecule has 0 aliphatic carbocycles. The van der Waals surface area contributed by atoms with E-state index in [1.807, 2.05) is 24.3 Å². The van der Waals surface area contributed by atoms with E-state index >= 15 is 0 Å². The molecular weight excluding hydrogens is 420 g/mol. The summed E-state index contributed by atoms with van der Waals surface area (Å²) in [6.07, 6.45) is 3.35. The number of fused-ring (bicyclic) bond motifs is 1. The van der Waals surface area contributed by atoms with Gasteiger partial charge in [0.05, 0.1) is 25.3 Å². The van der Waals surface area contributed by atoms with Gasteiger partial charge < -0.3 is 18.9 Å². The Morgan fingerprint density at radius 3 is 1.42 bits per heavy atom. The molecule has 0 N–H and O–H groups in total. The molecule has 3 aromatic carbocycles. The molecule has 6 nitrogen and oxygen atoms in total. The SMILES string of the molecule is COC(=O)c1ccc(CCc2cc3c(cc2CCc2ccc(C(=O)OC)cc2)OCO3)cc1. The first kappa shape index (κ1) is 22.4. The molecule has 0 spiro atoms. The monoisotopic (exact) mass is 446 g/mol. The van der Waals surface area contributed by atoms with Crippen molar-refractivity contribution in [3.63, 3.8) is 0 Å². The topological polar surface area (TPSA) is 71.1 Å². The molecule has 0 unspecified atom stereocenters. The number of esters is 2. The second-order valence-corrected chi connectivity index (χ2v) is 7.85. The summed E-state index contributed by atoms with van der Waals surface area (Å²) in [5.74, 6) is 0.882. The molecule has 170 valence electrons. The average Bonchev–Trinajstić information content (AvgIpc) is 3.32. The van der Waals surface area contributed by atoms with Crippen LogP contribution in [0.2, 0.25) is 0 Å². The highest BCUT2D eigenvalue weighted by Gasteiger charge is 2.17. The molecular formula is C27H26O6. The van der Waals surface area contributed by atoms with Gasteiger partial charge in [0.2, 0.25) is 6.79 Å². The van der Waals surface area contributed by atoms with Crippen LogP contribution >= 0.6 is 0 Å². The third kappa shape index (κ3) is 5.34. The lowest BCUT2D eigenvalue weighted by Gasteiger charge is -2.12. The standard InChI is InChI=1S/C27H26O6/c1-30-26(28)20-9-3-18(4-10-20)7-13-22-15-24-25(33-17-32-24)16-23(22)14-8-19-5-11-21(12-6-19)27(29)31-2/h3-6,9-12,15-16H,7-8,13-14,17H2,1-2H3. The van der Waals surface area contributed by atoms with Gasteiger partial charge in [-0.3, -0.25) is 0 Å². The number of carbonyl (C=O) groups excluding carboxylic acids is 2. The highest BCUT2D eigenvalue weighted by Crippen LogP contribution is 2.36. The highest BCUT2D eigenvalue weighted by molar-refractivity contribution is 5.89. The predicted molar refractivity (Wildman–Crippen MR) is 123 cm³/mol. The lowest BCUT2D eigenvalue weighted by molar-refractivity contribution is 0.0592. The van der Waals surface area contributed by atoms with Crippen LogP contribution < -0.4 is 9.47 Å². The molecule has 0 atom stereocenters. The van der Waals surface area contributed by atoms with Crippen molar-refractivity contribution in [3.8, 4) is 11.5 Å². The number of methoxy groups -OCH3 is 2. The molecule has 1 aliphatic heterocycles. The summed E-state index contributed by atoms with van der Waals surface area (Å²) in [5.41, 5.74) is 5.80. The Bertz CT molecular complexity index is 1040. The lowest BCUT2D eigenvalue weighted by Crippen LogP contribution is -2.03. The minimum atomic E-state index is -0.334. The summed E-state index contributed by atoms with van der Waals surface area (Å²) in [6.45, 7) is 0.238. The number of benzene rings is 3. The zero-order valence-electron chi connectivity index (χ0n) is 18.8. The minimum absolute atomic E-state index is 0.238. The third-order valence-electron chi connectivity index (χ3n) is 5.81. The Kier molecular flexibility index (Phi) is 6.93. The average molecular weight is 446 g/mol. The van der Waals surface area contributed by atoms with Crippen molar-refractivity contribution in [1.82, 2.24) is 0 Å². The van der Waals surface area contributed by atoms with Crippen molar-refractivity contribution >= 4 is 11.9 Å². The molecule has 4 rings (SSSR count). The second-order valence-electron chi connectivity index (χ2n) is 7.85. The van der Waals surface area contributed by atoms with Crippen LogP contribution in [-0.4, -0.2) is 33.0 Å². The molecule has 0 amide bonds. The maximum absolute atomic E-state index is 11.6. The largest absolute Gasteiger partial charge is 0.465 e. The van der Waals surface area contributed by atoms with Crippen LogP contribution in [-0.2, 0) is 35.2 Å². The van der Waals surface area contributed by atoms with Gasteiger partial charge in [0.25, 0.3) is 0 Å². The molecule has 0 fully saturated rings. The Labute approximate surface area is 193 Å². The van der Waals surface area contributed by atoms with Crippen molar-refractivity contribution in [2.45, 2.75) is 25.7 Å². The van der Waals surface area contributed by atoms with Crippen molar-refractivity contribution in [2.75, 3.05) is 21.0 Å². The fraction of sp³-hybridized carbons (Fsp3) is 0.259. The van der Waals surface area contributed by atoms with E-state index in [4.69, 9.17) is 18.9 Å². The van der Waals surface area contributed by atoms with Gasteiger partial charge in [0.1, 0.15) is 0 Å². The van der Waals surface area contributed by atoms with Crippen LogP contribution in [0.3, 0.4) is 0 Å². The number of aryl methyl sites for hydroxylation is 4. The number of ether oxygens (including phenoxy) is 4. The smallest absolute Gasteiger partial charge is 0.337 e. The summed E-state index contributed by atoms with van der Waals surface area (Å²) < 4.78 is 20.7. The molecule has 0 bridgehead atoms. The van der Waals surface area contributed by atoms with E-state index in [9.17, 15) is 9.59 Å². The van der Waals surface area contributed by atoms with Gasteiger partial charge >= 0.3 is 11.9 Å². The van der Waals surface area contributed by atoms with Gasteiger partial charge in [-0.25, -0.2) is 9.59 Å². The number of hydrogen-bond acceptors (Lipinski definition) is 6. The number of carbonyl (C=O) groups is 2. The summed E-state index contributed by atoms with van der Waals surface area (Å²) >= 11 is 0.